The van der Waals surface area contributed by atoms with Crippen molar-refractivity contribution in [1.29, 1.82) is 0 Å². The fourth-order valence-electron chi connectivity index (χ4n) is 2.31. The van der Waals surface area contributed by atoms with Crippen molar-refractivity contribution in [1.82, 2.24) is 10.2 Å². The molecule has 2 rings (SSSR count). The summed E-state index contributed by atoms with van der Waals surface area (Å²) in [5, 5.41) is 3.47. The average Bonchev–Trinajstić information content (AvgIpc) is 2.40. The van der Waals surface area contributed by atoms with Crippen molar-refractivity contribution in [2.45, 2.75) is 25.3 Å². The molecule has 1 aromatic carbocycles. The predicted octanol–water partition coefficient (Wildman–Crippen LogP) is 2.51. The average molecular weight is 358 g/mol. The van der Waals surface area contributed by atoms with Crippen LogP contribution in [0.2, 0.25) is 0 Å². The van der Waals surface area contributed by atoms with Crippen LogP contribution >= 0.6 is 22.6 Å². The fraction of sp³-hybridized carbons (Fsp3) is 0.500. The van der Waals surface area contributed by atoms with Gasteiger partial charge in [-0.25, -0.2) is 0 Å². The Bertz CT molecular complexity index is 399. The molecule has 4 heteroatoms. The molecule has 1 N–H and O–H groups in total. The van der Waals surface area contributed by atoms with Crippen molar-refractivity contribution in [3.63, 3.8) is 0 Å². The quantitative estimate of drug-likeness (QED) is 0.843. The van der Waals surface area contributed by atoms with Crippen molar-refractivity contribution in [3.8, 4) is 0 Å². The highest BCUT2D eigenvalue weighted by Crippen LogP contribution is 2.11. The van der Waals surface area contributed by atoms with E-state index >= 15 is 0 Å². The fourth-order valence-corrected chi connectivity index (χ4v) is 2.67. The number of likely N-dealkylation sites (N-methyl/N-ethyl adjacent to an activating group) is 1. The summed E-state index contributed by atoms with van der Waals surface area (Å²) in [5.74, 6) is 0.110. The Morgan fingerprint density at radius 3 is 2.72 bits per heavy atom. The summed E-state index contributed by atoms with van der Waals surface area (Å²) >= 11 is 2.25. The van der Waals surface area contributed by atoms with Crippen LogP contribution in [0.4, 0.5) is 0 Å². The maximum Gasteiger partial charge on any atom is 0.253 e. The van der Waals surface area contributed by atoms with E-state index in [0.717, 1.165) is 22.2 Å². The summed E-state index contributed by atoms with van der Waals surface area (Å²) in [6.07, 6.45) is 3.69. The Labute approximate surface area is 122 Å². The first kappa shape index (κ1) is 13.8. The van der Waals surface area contributed by atoms with Gasteiger partial charge in [-0.15, -0.1) is 0 Å². The minimum absolute atomic E-state index is 0.110. The molecule has 1 amide bonds. The molecule has 1 fully saturated rings. The number of nitrogens with zero attached hydrogens (tertiary/aromatic N) is 1. The van der Waals surface area contributed by atoms with Gasteiger partial charge < -0.3 is 10.2 Å². The van der Waals surface area contributed by atoms with E-state index in [1.807, 2.05) is 36.2 Å². The van der Waals surface area contributed by atoms with Gasteiger partial charge in [-0.2, -0.15) is 0 Å². The zero-order valence-corrected chi connectivity index (χ0v) is 12.8. The number of benzene rings is 1. The lowest BCUT2D eigenvalue weighted by atomic mass is 10.0. The predicted molar refractivity (Wildman–Crippen MR) is 81.8 cm³/mol. The second kappa shape index (κ2) is 6.52. The standard InChI is InChI=1S/C14H19IN2O/c1-17(10-13-4-2-3-9-16-13)14(18)11-5-7-12(15)8-6-11/h5-8,13,16H,2-4,9-10H2,1H3. The van der Waals surface area contributed by atoms with Gasteiger partial charge in [0.15, 0.2) is 0 Å². The first-order chi connectivity index (χ1) is 8.66. The van der Waals surface area contributed by atoms with Crippen LogP contribution in [-0.2, 0) is 0 Å². The summed E-state index contributed by atoms with van der Waals surface area (Å²) in [5.41, 5.74) is 0.772. The first-order valence-electron chi connectivity index (χ1n) is 6.41. The third-order valence-corrected chi connectivity index (χ3v) is 4.06. The zero-order valence-electron chi connectivity index (χ0n) is 10.7. The summed E-state index contributed by atoms with van der Waals surface area (Å²) in [7, 11) is 1.89. The van der Waals surface area contributed by atoms with Crippen molar-refractivity contribution in [2.75, 3.05) is 20.1 Å². The molecular weight excluding hydrogens is 339 g/mol. The molecule has 1 aliphatic rings. The number of hydrogen-bond donors (Lipinski definition) is 1. The maximum absolute atomic E-state index is 12.2. The Morgan fingerprint density at radius 1 is 1.39 bits per heavy atom. The minimum atomic E-state index is 0.110. The highest BCUT2D eigenvalue weighted by Gasteiger charge is 2.18. The summed E-state index contributed by atoms with van der Waals surface area (Å²) in [4.78, 5) is 14.0. The normalized spacial score (nSPS) is 19.6. The number of carbonyl (C=O) groups is 1. The van der Waals surface area contributed by atoms with Crippen LogP contribution < -0.4 is 5.32 Å². The Kier molecular flexibility index (Phi) is 5.00. The second-order valence-corrected chi connectivity index (χ2v) is 6.09. The van der Waals surface area contributed by atoms with Gasteiger partial charge in [0.05, 0.1) is 0 Å². The maximum atomic E-state index is 12.2. The van der Waals surface area contributed by atoms with Gasteiger partial charge in [-0.05, 0) is 66.2 Å². The van der Waals surface area contributed by atoms with Crippen LogP contribution in [-0.4, -0.2) is 37.0 Å². The van der Waals surface area contributed by atoms with E-state index in [-0.39, 0.29) is 5.91 Å². The molecule has 1 aromatic rings. The van der Waals surface area contributed by atoms with Gasteiger partial charge in [0, 0.05) is 28.8 Å². The molecular formula is C14H19IN2O. The second-order valence-electron chi connectivity index (χ2n) is 4.84. The van der Waals surface area contributed by atoms with Crippen LogP contribution in [0.1, 0.15) is 29.6 Å². The van der Waals surface area contributed by atoms with Crippen LogP contribution in [0.3, 0.4) is 0 Å². The molecule has 0 spiro atoms. The topological polar surface area (TPSA) is 32.3 Å². The molecule has 98 valence electrons. The van der Waals surface area contributed by atoms with Crippen molar-refractivity contribution >= 4 is 28.5 Å². The lowest BCUT2D eigenvalue weighted by Gasteiger charge is -2.28. The smallest absolute Gasteiger partial charge is 0.253 e. The summed E-state index contributed by atoms with van der Waals surface area (Å²) < 4.78 is 1.15. The van der Waals surface area contributed by atoms with Gasteiger partial charge in [-0.3, -0.25) is 4.79 Å². The molecule has 3 nitrogen and oxygen atoms in total. The molecule has 1 heterocycles. The van der Waals surface area contributed by atoms with Gasteiger partial charge in [0.1, 0.15) is 0 Å². The molecule has 0 saturated carbocycles. The van der Waals surface area contributed by atoms with Crippen LogP contribution in [0, 0.1) is 3.57 Å². The number of amides is 1. The van der Waals surface area contributed by atoms with Crippen LogP contribution in [0.5, 0.6) is 0 Å². The number of rotatable bonds is 3. The largest absolute Gasteiger partial charge is 0.340 e. The third kappa shape index (κ3) is 3.68. The van der Waals surface area contributed by atoms with Crippen molar-refractivity contribution in [3.05, 3.63) is 33.4 Å². The SMILES string of the molecule is CN(CC1CCCCN1)C(=O)c1ccc(I)cc1. The number of nitrogens with one attached hydrogen (secondary N) is 1. The summed E-state index contributed by atoms with van der Waals surface area (Å²) in [6, 6.07) is 8.20. The van der Waals surface area contributed by atoms with Crippen LogP contribution in [0.25, 0.3) is 0 Å². The molecule has 0 aliphatic carbocycles. The van der Waals surface area contributed by atoms with Gasteiger partial charge in [0.25, 0.3) is 5.91 Å². The number of hydrogen-bond acceptors (Lipinski definition) is 2. The molecule has 1 atom stereocenters. The number of carbonyl (C=O) groups excluding carboxylic acids is 1. The lowest BCUT2D eigenvalue weighted by Crippen LogP contribution is -2.44. The molecule has 1 saturated heterocycles. The van der Waals surface area contributed by atoms with Crippen LogP contribution in [0.15, 0.2) is 24.3 Å². The molecule has 18 heavy (non-hydrogen) atoms. The highest BCUT2D eigenvalue weighted by atomic mass is 127. The first-order valence-corrected chi connectivity index (χ1v) is 7.49. The minimum Gasteiger partial charge on any atom is -0.340 e. The third-order valence-electron chi connectivity index (χ3n) is 3.34. The summed E-state index contributed by atoms with van der Waals surface area (Å²) in [6.45, 7) is 1.88. The van der Waals surface area contributed by atoms with E-state index in [4.69, 9.17) is 0 Å². The van der Waals surface area contributed by atoms with E-state index in [1.54, 1.807) is 0 Å². The molecule has 0 aromatic heterocycles. The molecule has 0 bridgehead atoms. The Morgan fingerprint density at radius 2 is 2.11 bits per heavy atom. The Balaban J connectivity index is 1.93. The van der Waals surface area contributed by atoms with Crippen molar-refractivity contribution < 1.29 is 4.79 Å². The lowest BCUT2D eigenvalue weighted by molar-refractivity contribution is 0.0775. The number of halogens is 1. The van der Waals surface area contributed by atoms with Crippen molar-refractivity contribution in [2.24, 2.45) is 0 Å². The van der Waals surface area contributed by atoms with E-state index in [0.29, 0.717) is 6.04 Å². The highest BCUT2D eigenvalue weighted by molar-refractivity contribution is 14.1. The number of piperidine rings is 1. The Hall–Kier alpha value is -0.620. The van der Waals surface area contributed by atoms with Gasteiger partial charge in [0.2, 0.25) is 0 Å². The van der Waals surface area contributed by atoms with E-state index in [1.165, 1.54) is 19.3 Å². The molecule has 1 unspecified atom stereocenters. The van der Waals surface area contributed by atoms with Gasteiger partial charge >= 0.3 is 0 Å². The zero-order chi connectivity index (χ0) is 13.0. The molecule has 0 radical (unpaired) electrons. The monoisotopic (exact) mass is 358 g/mol. The van der Waals surface area contributed by atoms with Gasteiger partial charge in [-0.1, -0.05) is 6.42 Å². The van der Waals surface area contributed by atoms with E-state index < -0.39 is 0 Å². The van der Waals surface area contributed by atoms with E-state index in [9.17, 15) is 4.79 Å². The molecule has 1 aliphatic heterocycles. The van der Waals surface area contributed by atoms with E-state index in [2.05, 4.69) is 27.9 Å².